The Morgan fingerprint density at radius 3 is 2.59 bits per heavy atom. The fourth-order valence-corrected chi connectivity index (χ4v) is 6.35. The SMILES string of the molecule is C[C@]12CCC(=O)C=C1CC[C@H]1C3C[C@@H](O)C(=O)[C@@]3(C)CC[C@@H]12. The number of ketones is 2. The molecule has 0 aromatic carbocycles. The summed E-state index contributed by atoms with van der Waals surface area (Å²) >= 11 is 0. The molecule has 0 saturated heterocycles. The Labute approximate surface area is 132 Å². The highest BCUT2D eigenvalue weighted by molar-refractivity contribution is 5.92. The molecule has 0 amide bonds. The first-order valence-corrected chi connectivity index (χ1v) is 8.82. The summed E-state index contributed by atoms with van der Waals surface area (Å²) in [5.41, 5.74) is 1.20. The van der Waals surface area contributed by atoms with Gasteiger partial charge in [-0.25, -0.2) is 0 Å². The lowest BCUT2D eigenvalue weighted by atomic mass is 9.47. The van der Waals surface area contributed by atoms with Gasteiger partial charge >= 0.3 is 0 Å². The number of hydrogen-bond acceptors (Lipinski definition) is 3. The van der Waals surface area contributed by atoms with Gasteiger partial charge in [-0.2, -0.15) is 0 Å². The molecule has 0 bridgehead atoms. The number of aliphatic hydroxyl groups excluding tert-OH is 1. The zero-order valence-electron chi connectivity index (χ0n) is 13.6. The van der Waals surface area contributed by atoms with Gasteiger partial charge in [0.05, 0.1) is 0 Å². The molecule has 3 fully saturated rings. The van der Waals surface area contributed by atoms with E-state index in [1.54, 1.807) is 0 Å². The van der Waals surface area contributed by atoms with E-state index in [9.17, 15) is 14.7 Å². The van der Waals surface area contributed by atoms with Gasteiger partial charge in [0.1, 0.15) is 6.10 Å². The third-order valence-corrected chi connectivity index (χ3v) is 7.69. The van der Waals surface area contributed by atoms with Crippen LogP contribution in [0.3, 0.4) is 0 Å². The number of hydrogen-bond donors (Lipinski definition) is 1. The average Bonchev–Trinajstić information content (AvgIpc) is 2.72. The van der Waals surface area contributed by atoms with Crippen molar-refractivity contribution in [3.05, 3.63) is 11.6 Å². The summed E-state index contributed by atoms with van der Waals surface area (Å²) in [5, 5.41) is 10.1. The second-order valence-electron chi connectivity index (χ2n) is 8.54. The van der Waals surface area contributed by atoms with Gasteiger partial charge in [-0.3, -0.25) is 9.59 Å². The highest BCUT2D eigenvalue weighted by atomic mass is 16.3. The van der Waals surface area contributed by atoms with E-state index in [1.165, 1.54) is 5.57 Å². The number of rotatable bonds is 0. The molecule has 3 heteroatoms. The first-order chi connectivity index (χ1) is 10.4. The largest absolute Gasteiger partial charge is 0.385 e. The van der Waals surface area contributed by atoms with Crippen LogP contribution in [-0.4, -0.2) is 22.8 Å². The van der Waals surface area contributed by atoms with Crippen molar-refractivity contribution in [3.63, 3.8) is 0 Å². The van der Waals surface area contributed by atoms with Gasteiger partial charge in [0.2, 0.25) is 0 Å². The Morgan fingerprint density at radius 1 is 1.05 bits per heavy atom. The molecule has 0 spiro atoms. The third kappa shape index (κ3) is 1.72. The Kier molecular flexibility index (Phi) is 3.01. The van der Waals surface area contributed by atoms with Crippen LogP contribution in [0.25, 0.3) is 0 Å². The first kappa shape index (κ1) is 14.6. The van der Waals surface area contributed by atoms with Crippen LogP contribution in [0.5, 0.6) is 0 Å². The zero-order valence-corrected chi connectivity index (χ0v) is 13.6. The molecule has 4 rings (SSSR count). The molecule has 0 aromatic heterocycles. The van der Waals surface area contributed by atoms with E-state index in [-0.39, 0.29) is 22.4 Å². The van der Waals surface area contributed by atoms with Crippen LogP contribution in [0, 0.1) is 28.6 Å². The Hall–Kier alpha value is -0.960. The predicted octanol–water partition coefficient (Wildman–Crippen LogP) is 3.06. The predicted molar refractivity (Wildman–Crippen MR) is 83.1 cm³/mol. The van der Waals surface area contributed by atoms with Crippen molar-refractivity contribution >= 4 is 11.6 Å². The fraction of sp³-hybridized carbons (Fsp3) is 0.789. The Balaban J connectivity index is 1.70. The van der Waals surface area contributed by atoms with E-state index in [0.717, 1.165) is 32.1 Å². The second-order valence-corrected chi connectivity index (χ2v) is 8.54. The molecule has 120 valence electrons. The third-order valence-electron chi connectivity index (χ3n) is 7.69. The van der Waals surface area contributed by atoms with Gasteiger partial charge in [0.15, 0.2) is 11.6 Å². The molecule has 1 N–H and O–H groups in total. The van der Waals surface area contributed by atoms with E-state index in [4.69, 9.17) is 0 Å². The summed E-state index contributed by atoms with van der Waals surface area (Å²) in [6, 6.07) is 0. The summed E-state index contributed by atoms with van der Waals surface area (Å²) in [4.78, 5) is 24.2. The standard InChI is InChI=1S/C19H26O3/c1-18-7-5-12(20)9-11(18)3-4-13-14(18)6-8-19(2)15(13)10-16(21)17(19)22/h9,13-16,21H,3-8,10H2,1-2H3/t13-,14+,15?,16-,18+,19+/m1/s1. The maximum atomic E-state index is 12.4. The van der Waals surface area contributed by atoms with Crippen LogP contribution in [0.2, 0.25) is 0 Å². The fourth-order valence-electron chi connectivity index (χ4n) is 6.35. The van der Waals surface area contributed by atoms with Crippen molar-refractivity contribution in [1.82, 2.24) is 0 Å². The van der Waals surface area contributed by atoms with Gasteiger partial charge in [0, 0.05) is 11.8 Å². The molecule has 0 aromatic rings. The molecule has 22 heavy (non-hydrogen) atoms. The van der Waals surface area contributed by atoms with Crippen LogP contribution in [0.15, 0.2) is 11.6 Å². The smallest absolute Gasteiger partial charge is 0.167 e. The van der Waals surface area contributed by atoms with Crippen LogP contribution in [0.4, 0.5) is 0 Å². The molecule has 4 aliphatic rings. The quantitative estimate of drug-likeness (QED) is 0.748. The molecular weight excluding hydrogens is 276 g/mol. The average molecular weight is 302 g/mol. The molecule has 3 nitrogen and oxygen atoms in total. The van der Waals surface area contributed by atoms with Crippen molar-refractivity contribution in [3.8, 4) is 0 Å². The molecule has 6 atom stereocenters. The molecule has 1 unspecified atom stereocenters. The summed E-state index contributed by atoms with van der Waals surface area (Å²) in [6.07, 6.45) is 7.54. The van der Waals surface area contributed by atoms with Gasteiger partial charge in [-0.15, -0.1) is 0 Å². The van der Waals surface area contributed by atoms with E-state index in [2.05, 4.69) is 13.8 Å². The minimum absolute atomic E-state index is 0.0845. The van der Waals surface area contributed by atoms with Crippen LogP contribution in [-0.2, 0) is 9.59 Å². The Morgan fingerprint density at radius 2 is 1.82 bits per heavy atom. The highest BCUT2D eigenvalue weighted by Crippen LogP contribution is 2.64. The number of carbonyl (C=O) groups is 2. The molecule has 0 heterocycles. The minimum Gasteiger partial charge on any atom is -0.385 e. The summed E-state index contributed by atoms with van der Waals surface area (Å²) in [7, 11) is 0. The monoisotopic (exact) mass is 302 g/mol. The number of Topliss-reactive ketones (excluding diaryl/α,β-unsaturated/α-hetero) is 1. The normalized spacial score (nSPS) is 51.0. The number of allylic oxidation sites excluding steroid dienone is 1. The van der Waals surface area contributed by atoms with Crippen LogP contribution in [0.1, 0.15) is 58.8 Å². The van der Waals surface area contributed by atoms with Gasteiger partial charge in [-0.1, -0.05) is 19.4 Å². The summed E-state index contributed by atoms with van der Waals surface area (Å²) in [6.45, 7) is 4.43. The van der Waals surface area contributed by atoms with Crippen molar-refractivity contribution in [2.24, 2.45) is 28.6 Å². The van der Waals surface area contributed by atoms with E-state index in [1.807, 2.05) is 6.08 Å². The maximum Gasteiger partial charge on any atom is 0.167 e. The molecule has 3 saturated carbocycles. The summed E-state index contributed by atoms with van der Waals surface area (Å²) < 4.78 is 0. The first-order valence-electron chi connectivity index (χ1n) is 8.82. The molecule has 4 aliphatic carbocycles. The topological polar surface area (TPSA) is 54.4 Å². The van der Waals surface area contributed by atoms with Crippen molar-refractivity contribution in [2.45, 2.75) is 64.9 Å². The van der Waals surface area contributed by atoms with E-state index in [0.29, 0.717) is 30.6 Å². The van der Waals surface area contributed by atoms with Crippen LogP contribution < -0.4 is 0 Å². The number of fused-ring (bicyclic) bond motifs is 5. The second kappa shape index (κ2) is 4.53. The highest BCUT2D eigenvalue weighted by Gasteiger charge is 2.61. The van der Waals surface area contributed by atoms with Crippen LogP contribution >= 0.6 is 0 Å². The van der Waals surface area contributed by atoms with Gasteiger partial charge < -0.3 is 5.11 Å². The van der Waals surface area contributed by atoms with Gasteiger partial charge in [-0.05, 0) is 67.8 Å². The Bertz CT molecular complexity index is 577. The van der Waals surface area contributed by atoms with Crippen molar-refractivity contribution < 1.29 is 14.7 Å². The van der Waals surface area contributed by atoms with Crippen molar-refractivity contribution in [2.75, 3.05) is 0 Å². The lowest BCUT2D eigenvalue weighted by Gasteiger charge is -2.56. The van der Waals surface area contributed by atoms with E-state index >= 15 is 0 Å². The number of aliphatic hydroxyl groups is 1. The molecular formula is C19H26O3. The van der Waals surface area contributed by atoms with E-state index < -0.39 is 6.10 Å². The molecule has 0 aliphatic heterocycles. The summed E-state index contributed by atoms with van der Waals surface area (Å²) in [5.74, 6) is 1.83. The zero-order chi connectivity index (χ0) is 15.7. The maximum absolute atomic E-state index is 12.4. The lowest BCUT2D eigenvalue weighted by molar-refractivity contribution is -0.137. The number of carbonyl (C=O) groups excluding carboxylic acids is 2. The lowest BCUT2D eigenvalue weighted by Crippen LogP contribution is -2.50. The van der Waals surface area contributed by atoms with Gasteiger partial charge in [0.25, 0.3) is 0 Å². The molecule has 0 radical (unpaired) electrons. The minimum atomic E-state index is -0.744. The van der Waals surface area contributed by atoms with Crippen molar-refractivity contribution in [1.29, 1.82) is 0 Å².